The predicted molar refractivity (Wildman–Crippen MR) is 135 cm³/mol. The number of aromatic nitrogens is 2. The lowest BCUT2D eigenvalue weighted by molar-refractivity contribution is -0.137. The molecule has 0 aliphatic carbocycles. The molecule has 13 heteroatoms. The molecule has 1 unspecified atom stereocenters. The smallest absolute Gasteiger partial charge is 0.417 e. The lowest BCUT2D eigenvalue weighted by Gasteiger charge is -2.18. The first-order valence-corrected chi connectivity index (χ1v) is 12.5. The lowest BCUT2D eigenvalue weighted by Crippen LogP contribution is -2.33. The van der Waals surface area contributed by atoms with Crippen LogP contribution in [0.3, 0.4) is 0 Å². The number of methoxy groups -OCH3 is 2. The van der Waals surface area contributed by atoms with Crippen LogP contribution in [0.5, 0.6) is 11.5 Å². The van der Waals surface area contributed by atoms with E-state index in [0.29, 0.717) is 38.4 Å². The third-order valence-corrected chi connectivity index (χ3v) is 7.50. The summed E-state index contributed by atoms with van der Waals surface area (Å²) < 4.78 is 63.4. The summed E-state index contributed by atoms with van der Waals surface area (Å²) in [5, 5.41) is 0.591. The number of carbonyl (C=O) groups is 2. The van der Waals surface area contributed by atoms with Crippen molar-refractivity contribution in [2.24, 2.45) is 0 Å². The average Bonchev–Trinajstić information content (AvgIpc) is 3.24. The van der Waals surface area contributed by atoms with Crippen molar-refractivity contribution in [2.75, 3.05) is 30.6 Å². The number of urea groups is 1. The number of imide groups is 1. The van der Waals surface area contributed by atoms with Crippen LogP contribution in [0.15, 0.2) is 76.9 Å². The number of fused-ring (bicyclic) bond motifs is 1. The van der Waals surface area contributed by atoms with Gasteiger partial charge in [-0.1, -0.05) is 0 Å². The molecular formula is C26H19F3N4O5S. The summed E-state index contributed by atoms with van der Waals surface area (Å²) in [4.78, 5) is 36.2. The maximum absolute atomic E-state index is 13.5. The van der Waals surface area contributed by atoms with Crippen molar-refractivity contribution in [2.45, 2.75) is 16.0 Å². The SMILES string of the molecule is COc1cc2nccc([S+]([O-])c3ccc(N4C(=O)CN(c5cncc(C(F)(F)F)c5)C4=O)cc3)c2cc1OC. The van der Waals surface area contributed by atoms with Crippen molar-refractivity contribution in [3.05, 3.63) is 72.7 Å². The Morgan fingerprint density at radius 3 is 2.31 bits per heavy atom. The number of alkyl halides is 3. The predicted octanol–water partition coefficient (Wildman–Crippen LogP) is 4.81. The standard InChI is InChI=1S/C26H19F3N4O5S/c1-37-21-10-19-20(11-22(21)38-2)31-8-7-23(19)39(36)18-5-3-16(4-6-18)33-24(34)14-32(25(33)35)17-9-15(12-30-13-17)26(27,28)29/h3-13H,14H2,1-2H3. The minimum absolute atomic E-state index is 0.153. The van der Waals surface area contributed by atoms with E-state index < -0.39 is 41.4 Å². The number of hydrogen-bond acceptors (Lipinski definition) is 7. The number of pyridine rings is 2. The number of anilines is 2. The summed E-state index contributed by atoms with van der Waals surface area (Å²) in [5.41, 5.74) is -0.461. The van der Waals surface area contributed by atoms with Crippen LogP contribution in [-0.2, 0) is 22.1 Å². The van der Waals surface area contributed by atoms with Crippen molar-refractivity contribution >= 4 is 45.4 Å². The van der Waals surface area contributed by atoms with E-state index in [9.17, 15) is 27.3 Å². The first-order valence-electron chi connectivity index (χ1n) is 11.3. The van der Waals surface area contributed by atoms with Crippen LogP contribution >= 0.6 is 0 Å². The van der Waals surface area contributed by atoms with Gasteiger partial charge in [-0.15, -0.1) is 0 Å². The van der Waals surface area contributed by atoms with E-state index in [-0.39, 0.29) is 11.4 Å². The zero-order chi connectivity index (χ0) is 27.9. The number of amides is 3. The zero-order valence-corrected chi connectivity index (χ0v) is 21.2. The number of benzene rings is 2. The molecule has 3 heterocycles. The molecule has 0 saturated carbocycles. The van der Waals surface area contributed by atoms with Gasteiger partial charge in [0.1, 0.15) is 6.54 Å². The average molecular weight is 557 g/mol. The van der Waals surface area contributed by atoms with Gasteiger partial charge in [-0.3, -0.25) is 19.7 Å². The zero-order valence-electron chi connectivity index (χ0n) is 20.4. The highest BCUT2D eigenvalue weighted by Crippen LogP contribution is 2.37. The fraction of sp³-hybridized carbons (Fsp3) is 0.154. The molecule has 0 N–H and O–H groups in total. The summed E-state index contributed by atoms with van der Waals surface area (Å²) in [6, 6.07) is 10.8. The molecule has 0 bridgehead atoms. The van der Waals surface area contributed by atoms with Crippen molar-refractivity contribution < 1.29 is 36.8 Å². The molecule has 2 aromatic heterocycles. The van der Waals surface area contributed by atoms with E-state index in [1.807, 2.05) is 0 Å². The van der Waals surface area contributed by atoms with Crippen LogP contribution in [0, 0.1) is 0 Å². The van der Waals surface area contributed by atoms with Gasteiger partial charge < -0.3 is 14.0 Å². The van der Waals surface area contributed by atoms with Gasteiger partial charge in [0.15, 0.2) is 21.3 Å². The second-order valence-electron chi connectivity index (χ2n) is 8.32. The highest BCUT2D eigenvalue weighted by Gasteiger charge is 2.39. The third-order valence-electron chi connectivity index (χ3n) is 6.04. The molecule has 1 aliphatic rings. The van der Waals surface area contributed by atoms with Crippen LogP contribution in [-0.4, -0.2) is 47.2 Å². The van der Waals surface area contributed by atoms with E-state index in [0.717, 1.165) is 22.1 Å². The van der Waals surface area contributed by atoms with Crippen LogP contribution < -0.4 is 19.3 Å². The van der Waals surface area contributed by atoms with Crippen LogP contribution in [0.2, 0.25) is 0 Å². The Hall–Kier alpha value is -4.36. The van der Waals surface area contributed by atoms with Crippen LogP contribution in [0.1, 0.15) is 5.56 Å². The molecule has 4 aromatic rings. The molecule has 1 saturated heterocycles. The van der Waals surface area contributed by atoms with Gasteiger partial charge in [0, 0.05) is 35.7 Å². The highest BCUT2D eigenvalue weighted by molar-refractivity contribution is 7.91. The van der Waals surface area contributed by atoms with E-state index in [1.54, 1.807) is 18.2 Å². The molecule has 9 nitrogen and oxygen atoms in total. The van der Waals surface area contributed by atoms with Crippen molar-refractivity contribution in [3.8, 4) is 11.5 Å². The van der Waals surface area contributed by atoms with E-state index in [4.69, 9.17) is 9.47 Å². The molecule has 2 aromatic carbocycles. The molecule has 1 aliphatic heterocycles. The Kier molecular flexibility index (Phi) is 6.78. The molecule has 200 valence electrons. The summed E-state index contributed by atoms with van der Waals surface area (Å²) in [5.74, 6) is 0.283. The summed E-state index contributed by atoms with van der Waals surface area (Å²) in [6.07, 6.45) is -1.41. The number of halogens is 3. The number of carbonyl (C=O) groups excluding carboxylic acids is 2. The maximum atomic E-state index is 13.5. The molecule has 39 heavy (non-hydrogen) atoms. The Labute approximate surface area is 223 Å². The van der Waals surface area contributed by atoms with Gasteiger partial charge in [0.05, 0.1) is 48.3 Å². The topological polar surface area (TPSA) is 108 Å². The minimum atomic E-state index is -4.65. The van der Waals surface area contributed by atoms with Gasteiger partial charge in [-0.2, -0.15) is 13.2 Å². The second kappa shape index (κ2) is 10.1. The van der Waals surface area contributed by atoms with Crippen molar-refractivity contribution in [1.29, 1.82) is 0 Å². The molecule has 0 radical (unpaired) electrons. The normalized spacial score (nSPS) is 14.7. The molecular weight excluding hydrogens is 537 g/mol. The van der Waals surface area contributed by atoms with Gasteiger partial charge in [-0.25, -0.2) is 9.69 Å². The molecule has 1 fully saturated rings. The number of rotatable bonds is 6. The fourth-order valence-corrected chi connectivity index (χ4v) is 5.33. The number of ether oxygens (including phenoxy) is 2. The minimum Gasteiger partial charge on any atom is -0.606 e. The Bertz CT molecular complexity index is 1580. The summed E-state index contributed by atoms with van der Waals surface area (Å²) in [7, 11) is 2.99. The summed E-state index contributed by atoms with van der Waals surface area (Å²) >= 11 is -1.67. The largest absolute Gasteiger partial charge is 0.606 e. The van der Waals surface area contributed by atoms with E-state index in [1.165, 1.54) is 44.7 Å². The van der Waals surface area contributed by atoms with Crippen molar-refractivity contribution in [3.63, 3.8) is 0 Å². The Morgan fingerprint density at radius 1 is 0.949 bits per heavy atom. The van der Waals surface area contributed by atoms with Gasteiger partial charge in [-0.05, 0) is 36.4 Å². The number of hydrogen-bond donors (Lipinski definition) is 0. The Morgan fingerprint density at radius 2 is 1.64 bits per heavy atom. The summed E-state index contributed by atoms with van der Waals surface area (Å²) in [6.45, 7) is -0.455. The molecule has 3 amide bonds. The fourth-order valence-electron chi connectivity index (χ4n) is 4.14. The quantitative estimate of drug-likeness (QED) is 0.248. The lowest BCUT2D eigenvalue weighted by atomic mass is 10.2. The third kappa shape index (κ3) is 4.81. The highest BCUT2D eigenvalue weighted by atomic mass is 32.2. The van der Waals surface area contributed by atoms with Crippen LogP contribution in [0.25, 0.3) is 10.9 Å². The maximum Gasteiger partial charge on any atom is 0.417 e. The van der Waals surface area contributed by atoms with Gasteiger partial charge in [0.2, 0.25) is 0 Å². The second-order valence-corrected chi connectivity index (χ2v) is 9.77. The van der Waals surface area contributed by atoms with Gasteiger partial charge >= 0.3 is 12.2 Å². The van der Waals surface area contributed by atoms with Gasteiger partial charge in [0.25, 0.3) is 5.91 Å². The van der Waals surface area contributed by atoms with E-state index in [2.05, 4.69) is 9.97 Å². The van der Waals surface area contributed by atoms with E-state index >= 15 is 0 Å². The first-order chi connectivity index (χ1) is 18.6. The Balaban J connectivity index is 1.42. The monoisotopic (exact) mass is 556 g/mol. The molecule has 5 rings (SSSR count). The first kappa shape index (κ1) is 26.3. The van der Waals surface area contributed by atoms with Crippen LogP contribution in [0.4, 0.5) is 29.3 Å². The number of nitrogens with zero attached hydrogens (tertiary/aromatic N) is 4. The molecule has 0 spiro atoms. The molecule has 1 atom stereocenters. The van der Waals surface area contributed by atoms with Crippen molar-refractivity contribution in [1.82, 2.24) is 9.97 Å².